The first-order valence-corrected chi connectivity index (χ1v) is 6.77. The van der Waals surface area contributed by atoms with Gasteiger partial charge in [-0.2, -0.15) is 0 Å². The molecule has 3 N–H and O–H groups in total. The SMILES string of the molecule is Cc1cc(NC(=O)c2c(N)cccc2Cl)ccc1Br. The molecule has 0 aliphatic heterocycles. The first-order chi connectivity index (χ1) is 8.99. The second kappa shape index (κ2) is 5.63. The molecule has 0 saturated carbocycles. The van der Waals surface area contributed by atoms with Gasteiger partial charge in [0.05, 0.1) is 10.6 Å². The van der Waals surface area contributed by atoms with Crippen molar-refractivity contribution < 1.29 is 4.79 Å². The second-order valence-corrected chi connectivity index (χ2v) is 5.38. The van der Waals surface area contributed by atoms with Gasteiger partial charge in [-0.25, -0.2) is 0 Å². The molecule has 0 fully saturated rings. The van der Waals surface area contributed by atoms with Crippen LogP contribution in [0.2, 0.25) is 5.02 Å². The molecule has 0 radical (unpaired) electrons. The first-order valence-electron chi connectivity index (χ1n) is 5.60. The number of nitrogens with two attached hydrogens (primary N) is 1. The smallest absolute Gasteiger partial charge is 0.259 e. The first kappa shape index (κ1) is 13.9. The van der Waals surface area contributed by atoms with Gasteiger partial charge in [-0.1, -0.05) is 33.6 Å². The second-order valence-electron chi connectivity index (χ2n) is 4.12. The van der Waals surface area contributed by atoms with Crippen LogP contribution in [0.5, 0.6) is 0 Å². The summed E-state index contributed by atoms with van der Waals surface area (Å²) in [5.74, 6) is -0.315. The summed E-state index contributed by atoms with van der Waals surface area (Å²) < 4.78 is 0.989. The highest BCUT2D eigenvalue weighted by Crippen LogP contribution is 2.24. The van der Waals surface area contributed by atoms with E-state index in [4.69, 9.17) is 17.3 Å². The third kappa shape index (κ3) is 3.08. The highest BCUT2D eigenvalue weighted by atomic mass is 79.9. The number of benzene rings is 2. The summed E-state index contributed by atoms with van der Waals surface area (Å²) >= 11 is 9.41. The Bertz CT molecular complexity index is 623. The molecule has 5 heteroatoms. The predicted octanol–water partition coefficient (Wildman–Crippen LogP) is 4.25. The summed E-state index contributed by atoms with van der Waals surface area (Å²) in [5.41, 5.74) is 8.16. The number of anilines is 2. The van der Waals surface area contributed by atoms with Crippen molar-refractivity contribution >= 4 is 44.8 Å². The van der Waals surface area contributed by atoms with Crippen LogP contribution in [-0.4, -0.2) is 5.91 Å². The Labute approximate surface area is 124 Å². The molecule has 0 atom stereocenters. The molecule has 0 unspecified atom stereocenters. The zero-order chi connectivity index (χ0) is 14.0. The lowest BCUT2D eigenvalue weighted by Gasteiger charge is -2.10. The molecule has 2 aromatic rings. The lowest BCUT2D eigenvalue weighted by Crippen LogP contribution is -2.14. The van der Waals surface area contributed by atoms with Gasteiger partial charge in [-0.05, 0) is 42.8 Å². The maximum atomic E-state index is 12.2. The van der Waals surface area contributed by atoms with Crippen LogP contribution < -0.4 is 11.1 Å². The maximum absolute atomic E-state index is 12.2. The number of hydrogen-bond donors (Lipinski definition) is 2. The Morgan fingerprint density at radius 2 is 2.05 bits per heavy atom. The minimum atomic E-state index is -0.315. The summed E-state index contributed by atoms with van der Waals surface area (Å²) in [4.78, 5) is 12.2. The van der Waals surface area contributed by atoms with E-state index >= 15 is 0 Å². The topological polar surface area (TPSA) is 55.1 Å². The largest absolute Gasteiger partial charge is 0.398 e. The number of rotatable bonds is 2. The molecule has 0 aromatic heterocycles. The van der Waals surface area contributed by atoms with E-state index in [2.05, 4.69) is 21.2 Å². The van der Waals surface area contributed by atoms with Crippen LogP contribution in [0.25, 0.3) is 0 Å². The van der Waals surface area contributed by atoms with E-state index in [0.717, 1.165) is 10.0 Å². The van der Waals surface area contributed by atoms with Gasteiger partial charge in [0, 0.05) is 15.8 Å². The average Bonchev–Trinajstić information content (AvgIpc) is 2.33. The molecule has 19 heavy (non-hydrogen) atoms. The molecule has 0 heterocycles. The van der Waals surface area contributed by atoms with E-state index in [1.54, 1.807) is 18.2 Å². The number of hydrogen-bond acceptors (Lipinski definition) is 2. The minimum absolute atomic E-state index is 0.296. The van der Waals surface area contributed by atoms with Crippen molar-refractivity contribution in [2.45, 2.75) is 6.92 Å². The zero-order valence-corrected chi connectivity index (χ0v) is 12.5. The average molecular weight is 340 g/mol. The van der Waals surface area contributed by atoms with Gasteiger partial charge in [-0.15, -0.1) is 0 Å². The Morgan fingerprint density at radius 3 is 2.68 bits per heavy atom. The number of halogens is 2. The van der Waals surface area contributed by atoms with E-state index in [1.807, 2.05) is 25.1 Å². The Balaban J connectivity index is 2.28. The fourth-order valence-corrected chi connectivity index (χ4v) is 2.21. The third-order valence-electron chi connectivity index (χ3n) is 2.69. The molecule has 0 spiro atoms. The van der Waals surface area contributed by atoms with Crippen LogP contribution in [0.15, 0.2) is 40.9 Å². The minimum Gasteiger partial charge on any atom is -0.398 e. The number of amides is 1. The molecular formula is C14H12BrClN2O. The number of nitrogens with one attached hydrogen (secondary N) is 1. The molecule has 1 amide bonds. The van der Waals surface area contributed by atoms with Crippen LogP contribution in [0.3, 0.4) is 0 Å². The standard InChI is InChI=1S/C14H12BrClN2O/c1-8-7-9(5-6-10(8)15)18-14(19)13-11(16)3-2-4-12(13)17/h2-7H,17H2,1H3,(H,18,19). The van der Waals surface area contributed by atoms with E-state index < -0.39 is 0 Å². The van der Waals surface area contributed by atoms with Crippen LogP contribution in [0.4, 0.5) is 11.4 Å². The number of nitrogen functional groups attached to an aromatic ring is 1. The number of carbonyl (C=O) groups excluding carboxylic acids is 1. The van der Waals surface area contributed by atoms with E-state index in [9.17, 15) is 4.79 Å². The molecule has 2 aromatic carbocycles. The van der Waals surface area contributed by atoms with Crippen molar-refractivity contribution in [1.82, 2.24) is 0 Å². The van der Waals surface area contributed by atoms with E-state index in [1.165, 1.54) is 0 Å². The summed E-state index contributed by atoms with van der Waals surface area (Å²) in [6, 6.07) is 10.5. The fraction of sp³-hybridized carbons (Fsp3) is 0.0714. The van der Waals surface area contributed by atoms with Crippen molar-refractivity contribution in [3.05, 3.63) is 57.0 Å². The number of aryl methyl sites for hydroxylation is 1. The zero-order valence-electron chi connectivity index (χ0n) is 10.2. The lowest BCUT2D eigenvalue weighted by atomic mass is 10.1. The molecule has 0 saturated heterocycles. The van der Waals surface area contributed by atoms with Crippen LogP contribution >= 0.6 is 27.5 Å². The van der Waals surface area contributed by atoms with Crippen molar-refractivity contribution in [3.8, 4) is 0 Å². The van der Waals surface area contributed by atoms with Gasteiger partial charge in [0.1, 0.15) is 0 Å². The van der Waals surface area contributed by atoms with Crippen LogP contribution in [-0.2, 0) is 0 Å². The van der Waals surface area contributed by atoms with Gasteiger partial charge < -0.3 is 11.1 Å². The molecule has 0 aliphatic carbocycles. The Hall–Kier alpha value is -1.52. The normalized spacial score (nSPS) is 10.3. The van der Waals surface area contributed by atoms with E-state index in [0.29, 0.717) is 22.0 Å². The van der Waals surface area contributed by atoms with Crippen molar-refractivity contribution in [3.63, 3.8) is 0 Å². The van der Waals surface area contributed by atoms with Crippen LogP contribution in [0.1, 0.15) is 15.9 Å². The van der Waals surface area contributed by atoms with Gasteiger partial charge in [0.15, 0.2) is 0 Å². The van der Waals surface area contributed by atoms with Crippen molar-refractivity contribution in [2.24, 2.45) is 0 Å². The Kier molecular flexibility index (Phi) is 4.12. The molecule has 0 bridgehead atoms. The van der Waals surface area contributed by atoms with Crippen LogP contribution in [0, 0.1) is 6.92 Å². The maximum Gasteiger partial charge on any atom is 0.259 e. The molecule has 2 rings (SSSR count). The summed E-state index contributed by atoms with van der Waals surface area (Å²) in [7, 11) is 0. The van der Waals surface area contributed by atoms with Gasteiger partial charge in [-0.3, -0.25) is 4.79 Å². The lowest BCUT2D eigenvalue weighted by molar-refractivity contribution is 0.102. The van der Waals surface area contributed by atoms with E-state index in [-0.39, 0.29) is 5.91 Å². The van der Waals surface area contributed by atoms with Crippen molar-refractivity contribution in [1.29, 1.82) is 0 Å². The molecule has 0 aliphatic rings. The Morgan fingerprint density at radius 1 is 1.32 bits per heavy atom. The van der Waals surface area contributed by atoms with Gasteiger partial charge in [0.25, 0.3) is 5.91 Å². The molecular weight excluding hydrogens is 328 g/mol. The summed E-state index contributed by atoms with van der Waals surface area (Å²) in [5, 5.41) is 3.12. The summed E-state index contributed by atoms with van der Waals surface area (Å²) in [6.07, 6.45) is 0. The molecule has 98 valence electrons. The molecule has 3 nitrogen and oxygen atoms in total. The fourth-order valence-electron chi connectivity index (χ4n) is 1.70. The monoisotopic (exact) mass is 338 g/mol. The number of carbonyl (C=O) groups is 1. The summed E-state index contributed by atoms with van der Waals surface area (Å²) in [6.45, 7) is 1.95. The third-order valence-corrected chi connectivity index (χ3v) is 3.89. The highest BCUT2D eigenvalue weighted by Gasteiger charge is 2.14. The predicted molar refractivity (Wildman–Crippen MR) is 82.7 cm³/mol. The van der Waals surface area contributed by atoms with Crippen molar-refractivity contribution in [2.75, 3.05) is 11.1 Å². The quantitative estimate of drug-likeness (QED) is 0.804. The highest BCUT2D eigenvalue weighted by molar-refractivity contribution is 9.10. The van der Waals surface area contributed by atoms with Gasteiger partial charge >= 0.3 is 0 Å². The van der Waals surface area contributed by atoms with Gasteiger partial charge in [0.2, 0.25) is 0 Å².